The van der Waals surface area contributed by atoms with Gasteiger partial charge in [-0.3, -0.25) is 9.98 Å². The second kappa shape index (κ2) is 7.69. The molecule has 4 nitrogen and oxygen atoms in total. The minimum absolute atomic E-state index is 0.280. The van der Waals surface area contributed by atoms with Crippen molar-refractivity contribution in [1.29, 1.82) is 0 Å². The summed E-state index contributed by atoms with van der Waals surface area (Å²) in [5.74, 6) is 0.0675. The van der Waals surface area contributed by atoms with Gasteiger partial charge in [-0.25, -0.2) is 4.39 Å². The second-order valence-corrected chi connectivity index (χ2v) is 8.86. The summed E-state index contributed by atoms with van der Waals surface area (Å²) in [6, 6.07) is 9.90. The number of aliphatic imine (C=N–C) groups is 1. The monoisotopic (exact) mass is 418 g/mol. The Kier molecular flexibility index (Phi) is 4.87. The summed E-state index contributed by atoms with van der Waals surface area (Å²) < 4.78 is 13.9. The number of rotatable bonds is 5. The molecule has 0 saturated heterocycles. The van der Waals surface area contributed by atoms with Crippen molar-refractivity contribution in [3.05, 3.63) is 81.7 Å². The fourth-order valence-corrected chi connectivity index (χ4v) is 5.29. The van der Waals surface area contributed by atoms with Gasteiger partial charge in [-0.1, -0.05) is 32.0 Å². The third-order valence-electron chi connectivity index (χ3n) is 5.68. The molecule has 0 radical (unpaired) electrons. The number of hydrogen-bond acceptors (Lipinski definition) is 4. The van der Waals surface area contributed by atoms with E-state index in [0.717, 1.165) is 24.0 Å². The molecule has 3 aromatic heterocycles. The van der Waals surface area contributed by atoms with Gasteiger partial charge in [0.2, 0.25) is 0 Å². The number of para-hydroxylation sites is 1. The lowest BCUT2D eigenvalue weighted by Crippen LogP contribution is -2.33. The topological polar surface area (TPSA) is 44.3 Å². The van der Waals surface area contributed by atoms with Crippen LogP contribution < -0.4 is 4.90 Å². The fourth-order valence-electron chi connectivity index (χ4n) is 4.18. The number of fused-ring (bicyclic) bond motifs is 2. The van der Waals surface area contributed by atoms with E-state index in [0.29, 0.717) is 5.92 Å². The van der Waals surface area contributed by atoms with Crippen LogP contribution in [-0.4, -0.2) is 22.7 Å². The molecule has 0 saturated carbocycles. The van der Waals surface area contributed by atoms with E-state index in [1.54, 1.807) is 23.6 Å². The molecule has 1 aliphatic rings. The molecule has 0 bridgehead atoms. The predicted octanol–water partition coefficient (Wildman–Crippen LogP) is 6.07. The maximum absolute atomic E-state index is 13.9. The van der Waals surface area contributed by atoms with Crippen molar-refractivity contribution in [2.45, 2.75) is 32.4 Å². The fraction of sp³-hybridized carbons (Fsp3) is 0.250. The van der Waals surface area contributed by atoms with Gasteiger partial charge in [0.05, 0.1) is 16.8 Å². The summed E-state index contributed by atoms with van der Waals surface area (Å²) in [4.78, 5) is 15.7. The molecule has 5 rings (SSSR count). The Balaban J connectivity index is 1.54. The third kappa shape index (κ3) is 3.31. The highest BCUT2D eigenvalue weighted by Gasteiger charge is 2.30. The Morgan fingerprint density at radius 1 is 1.23 bits per heavy atom. The molecule has 1 unspecified atom stereocenters. The molecule has 152 valence electrons. The van der Waals surface area contributed by atoms with Crippen LogP contribution in [0.5, 0.6) is 0 Å². The molecule has 1 atom stereocenters. The molecular formula is C24H23FN4S. The van der Waals surface area contributed by atoms with Crippen molar-refractivity contribution in [2.24, 2.45) is 4.99 Å². The molecule has 1 aromatic carbocycles. The van der Waals surface area contributed by atoms with Crippen molar-refractivity contribution < 1.29 is 4.39 Å². The molecule has 30 heavy (non-hydrogen) atoms. The van der Waals surface area contributed by atoms with Crippen molar-refractivity contribution in [2.75, 3.05) is 11.4 Å². The molecule has 4 aromatic rings. The summed E-state index contributed by atoms with van der Waals surface area (Å²) in [6.07, 6.45) is 7.57. The van der Waals surface area contributed by atoms with Crippen LogP contribution in [0.3, 0.4) is 0 Å². The number of aromatic amines is 1. The van der Waals surface area contributed by atoms with Gasteiger partial charge < -0.3 is 9.88 Å². The van der Waals surface area contributed by atoms with Gasteiger partial charge in [-0.15, -0.1) is 11.3 Å². The van der Waals surface area contributed by atoms with Crippen molar-refractivity contribution in [3.63, 3.8) is 0 Å². The summed E-state index contributed by atoms with van der Waals surface area (Å²) in [7, 11) is 0. The molecule has 4 heterocycles. The molecule has 1 aliphatic heterocycles. The maximum Gasteiger partial charge on any atom is 0.148 e. The van der Waals surface area contributed by atoms with Gasteiger partial charge in [0, 0.05) is 41.6 Å². The first-order valence-electron chi connectivity index (χ1n) is 10.2. The summed E-state index contributed by atoms with van der Waals surface area (Å²) >= 11 is 1.72. The highest BCUT2D eigenvalue weighted by Crippen LogP contribution is 2.42. The Hall–Kier alpha value is -2.99. The summed E-state index contributed by atoms with van der Waals surface area (Å²) in [6.45, 7) is 5.21. The molecule has 0 fully saturated rings. The smallest absolute Gasteiger partial charge is 0.148 e. The molecule has 6 heteroatoms. The number of aromatic nitrogens is 2. The number of thiophene rings is 1. The van der Waals surface area contributed by atoms with Gasteiger partial charge in [0.15, 0.2) is 0 Å². The predicted molar refractivity (Wildman–Crippen MR) is 122 cm³/mol. The lowest BCUT2D eigenvalue weighted by atomic mass is 10.0. The maximum atomic E-state index is 13.9. The third-order valence-corrected chi connectivity index (χ3v) is 6.60. The van der Waals surface area contributed by atoms with Crippen LogP contribution in [0.4, 0.5) is 10.1 Å². The molecular weight excluding hydrogens is 395 g/mol. The van der Waals surface area contributed by atoms with E-state index in [1.165, 1.54) is 33.3 Å². The zero-order valence-electron chi connectivity index (χ0n) is 17.0. The number of pyridine rings is 1. The minimum atomic E-state index is -0.334. The average Bonchev–Trinajstić information content (AvgIpc) is 3.36. The number of H-pyrrole nitrogens is 1. The number of nitrogens with one attached hydrogen (secondary N) is 1. The van der Waals surface area contributed by atoms with Crippen LogP contribution in [-0.2, 0) is 6.42 Å². The van der Waals surface area contributed by atoms with Crippen molar-refractivity contribution in [1.82, 2.24) is 9.97 Å². The van der Waals surface area contributed by atoms with Crippen LogP contribution >= 0.6 is 11.3 Å². The van der Waals surface area contributed by atoms with Crippen LogP contribution in [0.25, 0.3) is 10.9 Å². The number of halogens is 1. The van der Waals surface area contributed by atoms with Crippen LogP contribution in [0, 0.1) is 5.82 Å². The average molecular weight is 419 g/mol. The van der Waals surface area contributed by atoms with Gasteiger partial charge in [0.1, 0.15) is 12.0 Å². The second-order valence-electron chi connectivity index (χ2n) is 7.95. The van der Waals surface area contributed by atoms with E-state index < -0.39 is 0 Å². The lowest BCUT2D eigenvalue weighted by Gasteiger charge is -2.35. The zero-order chi connectivity index (χ0) is 20.7. The van der Waals surface area contributed by atoms with Crippen LogP contribution in [0.15, 0.2) is 59.3 Å². The van der Waals surface area contributed by atoms with Gasteiger partial charge in [-0.2, -0.15) is 0 Å². The van der Waals surface area contributed by atoms with E-state index >= 15 is 0 Å². The first-order valence-corrected chi connectivity index (χ1v) is 11.1. The number of nitrogens with zero attached hydrogens (tertiary/aromatic N) is 3. The molecule has 0 spiro atoms. The van der Waals surface area contributed by atoms with Gasteiger partial charge in [0.25, 0.3) is 0 Å². The Morgan fingerprint density at radius 2 is 2.10 bits per heavy atom. The van der Waals surface area contributed by atoms with E-state index in [-0.39, 0.29) is 12.0 Å². The van der Waals surface area contributed by atoms with Crippen LogP contribution in [0.1, 0.15) is 47.5 Å². The first kappa shape index (κ1) is 19.0. The lowest BCUT2D eigenvalue weighted by molar-refractivity contribution is 0.598. The van der Waals surface area contributed by atoms with Crippen molar-refractivity contribution in [3.8, 4) is 0 Å². The Morgan fingerprint density at radius 3 is 2.93 bits per heavy atom. The zero-order valence-corrected chi connectivity index (χ0v) is 17.8. The Bertz CT molecular complexity index is 1220. The Labute approximate surface area is 179 Å². The molecule has 0 amide bonds. The molecule has 0 aliphatic carbocycles. The summed E-state index contributed by atoms with van der Waals surface area (Å²) in [5, 5.41) is 3.48. The van der Waals surface area contributed by atoms with Crippen molar-refractivity contribution >= 4 is 34.1 Å². The highest BCUT2D eigenvalue weighted by molar-refractivity contribution is 7.12. The summed E-state index contributed by atoms with van der Waals surface area (Å²) in [5.41, 5.74) is 5.73. The number of benzene rings is 1. The largest absolute Gasteiger partial charge is 0.361 e. The van der Waals surface area contributed by atoms with E-state index in [1.807, 2.05) is 12.3 Å². The standard InChI is InChI=1S/C24H23FN4S/c1-15(2)20-14-30-22-13-28-24(17-9-18(25)12-26-10-17)29(23(20)22)8-7-16-11-27-21-6-4-3-5-19(16)21/h3-6,9-15,24,27H,7-8H2,1-2H3. The minimum Gasteiger partial charge on any atom is -0.361 e. The SMILES string of the molecule is CC(C)c1csc2c1N(CCc1c[nH]c3ccccc13)C(c1cncc(F)c1)N=C2. The number of hydrogen-bond donors (Lipinski definition) is 1. The number of anilines is 1. The first-order chi connectivity index (χ1) is 14.6. The van der Waals surface area contributed by atoms with E-state index in [4.69, 9.17) is 4.99 Å². The highest BCUT2D eigenvalue weighted by atomic mass is 32.1. The normalized spacial score (nSPS) is 15.9. The van der Waals surface area contributed by atoms with E-state index in [2.05, 4.69) is 58.5 Å². The van der Waals surface area contributed by atoms with E-state index in [9.17, 15) is 4.39 Å². The van der Waals surface area contributed by atoms with Crippen LogP contribution in [0.2, 0.25) is 0 Å². The molecule has 1 N–H and O–H groups in total. The van der Waals surface area contributed by atoms with Gasteiger partial charge in [-0.05, 0) is 41.0 Å². The van der Waals surface area contributed by atoms with Gasteiger partial charge >= 0.3 is 0 Å². The quantitative estimate of drug-likeness (QED) is 0.428.